The predicted octanol–water partition coefficient (Wildman–Crippen LogP) is 3.59. The van der Waals surface area contributed by atoms with Gasteiger partial charge in [0, 0.05) is 23.7 Å². The lowest BCUT2D eigenvalue weighted by Gasteiger charge is -2.23. The van der Waals surface area contributed by atoms with E-state index in [2.05, 4.69) is 10.3 Å². The first-order valence-corrected chi connectivity index (χ1v) is 5.89. The van der Waals surface area contributed by atoms with E-state index in [0.717, 1.165) is 6.07 Å². The molecule has 1 unspecified atom stereocenters. The van der Waals surface area contributed by atoms with Gasteiger partial charge >= 0.3 is 6.18 Å². The van der Waals surface area contributed by atoms with Gasteiger partial charge in [0.1, 0.15) is 5.69 Å². The van der Waals surface area contributed by atoms with Crippen LogP contribution in [0.4, 0.5) is 13.2 Å². The largest absolute Gasteiger partial charge is 0.433 e. The minimum Gasteiger partial charge on any atom is -0.311 e. The summed E-state index contributed by atoms with van der Waals surface area (Å²) in [6, 6.07) is 4.02. The third kappa shape index (κ3) is 4.64. The molecule has 0 fully saturated rings. The molecular formula is C13H19F3N2. The summed E-state index contributed by atoms with van der Waals surface area (Å²) >= 11 is 0. The van der Waals surface area contributed by atoms with Crippen molar-refractivity contribution in [3.05, 3.63) is 29.6 Å². The van der Waals surface area contributed by atoms with E-state index in [9.17, 15) is 13.2 Å². The Kier molecular flexibility index (Phi) is 4.37. The van der Waals surface area contributed by atoms with Gasteiger partial charge in [-0.05, 0) is 32.9 Å². The Labute approximate surface area is 106 Å². The second kappa shape index (κ2) is 5.26. The first kappa shape index (κ1) is 15.0. The highest BCUT2D eigenvalue weighted by Gasteiger charge is 2.32. The number of rotatable bonds is 3. The lowest BCUT2D eigenvalue weighted by atomic mass is 10.0. The van der Waals surface area contributed by atoms with Crippen molar-refractivity contribution < 1.29 is 13.2 Å². The number of halogens is 3. The first-order chi connectivity index (χ1) is 8.09. The molecule has 2 nitrogen and oxygen atoms in total. The SMILES string of the molecule is CC(CNC(C)(C)C)c1cccc(C(F)(F)F)n1. The van der Waals surface area contributed by atoms with Crippen LogP contribution in [-0.2, 0) is 6.18 Å². The normalized spacial score (nSPS) is 14.6. The zero-order valence-corrected chi connectivity index (χ0v) is 11.1. The van der Waals surface area contributed by atoms with Gasteiger partial charge in [0.05, 0.1) is 0 Å². The van der Waals surface area contributed by atoms with Gasteiger partial charge in [-0.15, -0.1) is 0 Å². The van der Waals surface area contributed by atoms with Crippen LogP contribution < -0.4 is 5.32 Å². The highest BCUT2D eigenvalue weighted by molar-refractivity contribution is 5.16. The maximum absolute atomic E-state index is 12.5. The van der Waals surface area contributed by atoms with Gasteiger partial charge in [0.25, 0.3) is 0 Å². The van der Waals surface area contributed by atoms with E-state index in [0.29, 0.717) is 12.2 Å². The molecule has 0 aromatic carbocycles. The van der Waals surface area contributed by atoms with E-state index in [4.69, 9.17) is 0 Å². The van der Waals surface area contributed by atoms with Crippen molar-refractivity contribution in [1.29, 1.82) is 0 Å². The van der Waals surface area contributed by atoms with Crippen molar-refractivity contribution in [3.63, 3.8) is 0 Å². The standard InChI is InChI=1S/C13H19F3N2/c1-9(8-17-12(2,3)4)10-6-5-7-11(18-10)13(14,15)16/h5-7,9,17H,8H2,1-4H3. The number of nitrogens with one attached hydrogen (secondary N) is 1. The molecule has 1 aromatic rings. The number of hydrogen-bond acceptors (Lipinski definition) is 2. The summed E-state index contributed by atoms with van der Waals surface area (Å²) < 4.78 is 37.6. The lowest BCUT2D eigenvalue weighted by molar-refractivity contribution is -0.141. The molecule has 0 saturated carbocycles. The van der Waals surface area contributed by atoms with Crippen LogP contribution in [-0.4, -0.2) is 17.1 Å². The van der Waals surface area contributed by atoms with Crippen LogP contribution in [0.1, 0.15) is 45.0 Å². The van der Waals surface area contributed by atoms with Crippen LogP contribution >= 0.6 is 0 Å². The highest BCUT2D eigenvalue weighted by Crippen LogP contribution is 2.28. The second-order valence-corrected chi connectivity index (χ2v) is 5.48. The molecule has 1 atom stereocenters. The van der Waals surface area contributed by atoms with Crippen LogP contribution in [0, 0.1) is 0 Å². The molecule has 5 heteroatoms. The fraction of sp³-hybridized carbons (Fsp3) is 0.615. The Hall–Kier alpha value is -1.10. The van der Waals surface area contributed by atoms with E-state index in [1.54, 1.807) is 6.07 Å². The smallest absolute Gasteiger partial charge is 0.311 e. The summed E-state index contributed by atoms with van der Waals surface area (Å²) in [5.41, 5.74) is -0.431. The highest BCUT2D eigenvalue weighted by atomic mass is 19.4. The van der Waals surface area contributed by atoms with Crippen LogP contribution in [0.3, 0.4) is 0 Å². The number of hydrogen-bond donors (Lipinski definition) is 1. The maximum atomic E-state index is 12.5. The summed E-state index contributed by atoms with van der Waals surface area (Å²) in [4.78, 5) is 3.68. The van der Waals surface area contributed by atoms with Crippen LogP contribution in [0.15, 0.2) is 18.2 Å². The molecule has 0 spiro atoms. The van der Waals surface area contributed by atoms with Gasteiger partial charge in [-0.1, -0.05) is 13.0 Å². The summed E-state index contributed by atoms with van der Waals surface area (Å²) in [7, 11) is 0. The topological polar surface area (TPSA) is 24.9 Å². The van der Waals surface area contributed by atoms with Crippen molar-refractivity contribution in [3.8, 4) is 0 Å². The first-order valence-electron chi connectivity index (χ1n) is 5.89. The van der Waals surface area contributed by atoms with Crippen LogP contribution in [0.5, 0.6) is 0 Å². The minimum atomic E-state index is -4.38. The number of pyridine rings is 1. The van der Waals surface area contributed by atoms with Crippen molar-refractivity contribution in [2.45, 2.75) is 45.3 Å². The zero-order chi connectivity index (χ0) is 14.0. The van der Waals surface area contributed by atoms with Crippen molar-refractivity contribution >= 4 is 0 Å². The molecule has 1 aromatic heterocycles. The van der Waals surface area contributed by atoms with Gasteiger partial charge in [-0.2, -0.15) is 13.2 Å². The summed E-state index contributed by atoms with van der Waals surface area (Å²) in [6.45, 7) is 8.50. The Balaban J connectivity index is 2.78. The number of nitrogens with zero attached hydrogens (tertiary/aromatic N) is 1. The summed E-state index contributed by atoms with van der Waals surface area (Å²) in [5, 5.41) is 3.26. The van der Waals surface area contributed by atoms with Crippen molar-refractivity contribution in [2.75, 3.05) is 6.54 Å². The molecular weight excluding hydrogens is 241 g/mol. The molecule has 0 aliphatic heterocycles. The van der Waals surface area contributed by atoms with Gasteiger partial charge < -0.3 is 5.32 Å². The average molecular weight is 260 g/mol. The second-order valence-electron chi connectivity index (χ2n) is 5.48. The van der Waals surface area contributed by atoms with Crippen molar-refractivity contribution in [2.24, 2.45) is 0 Å². The maximum Gasteiger partial charge on any atom is 0.433 e. The monoisotopic (exact) mass is 260 g/mol. The molecule has 102 valence electrons. The summed E-state index contributed by atoms with van der Waals surface area (Å²) in [5.74, 6) is -0.0634. The third-order valence-corrected chi connectivity index (χ3v) is 2.50. The number of alkyl halides is 3. The Morgan fingerprint density at radius 2 is 1.83 bits per heavy atom. The zero-order valence-electron chi connectivity index (χ0n) is 11.1. The fourth-order valence-electron chi connectivity index (χ4n) is 1.45. The lowest BCUT2D eigenvalue weighted by Crippen LogP contribution is -2.38. The molecule has 1 heterocycles. The van der Waals surface area contributed by atoms with Crippen LogP contribution in [0.2, 0.25) is 0 Å². The van der Waals surface area contributed by atoms with E-state index in [1.165, 1.54) is 6.07 Å². The predicted molar refractivity (Wildman–Crippen MR) is 65.4 cm³/mol. The van der Waals surface area contributed by atoms with Crippen LogP contribution in [0.25, 0.3) is 0 Å². The quantitative estimate of drug-likeness (QED) is 0.898. The van der Waals surface area contributed by atoms with Crippen molar-refractivity contribution in [1.82, 2.24) is 10.3 Å². The minimum absolute atomic E-state index is 0.0596. The Morgan fingerprint density at radius 1 is 1.22 bits per heavy atom. The van der Waals surface area contributed by atoms with Gasteiger partial charge in [-0.3, -0.25) is 0 Å². The third-order valence-electron chi connectivity index (χ3n) is 2.50. The summed E-state index contributed by atoms with van der Waals surface area (Å²) in [6.07, 6.45) is -4.38. The average Bonchev–Trinajstić information content (AvgIpc) is 2.24. The van der Waals surface area contributed by atoms with E-state index in [1.807, 2.05) is 27.7 Å². The number of aromatic nitrogens is 1. The van der Waals surface area contributed by atoms with Gasteiger partial charge in [0.2, 0.25) is 0 Å². The molecule has 0 aliphatic carbocycles. The van der Waals surface area contributed by atoms with Gasteiger partial charge in [-0.25, -0.2) is 4.98 Å². The van der Waals surface area contributed by atoms with E-state index in [-0.39, 0.29) is 11.5 Å². The van der Waals surface area contributed by atoms with E-state index < -0.39 is 11.9 Å². The molecule has 0 bridgehead atoms. The van der Waals surface area contributed by atoms with Gasteiger partial charge in [0.15, 0.2) is 0 Å². The molecule has 1 rings (SSSR count). The molecule has 0 aliphatic rings. The molecule has 1 N–H and O–H groups in total. The Morgan fingerprint density at radius 3 is 2.33 bits per heavy atom. The Bertz CT molecular complexity index is 394. The molecule has 0 saturated heterocycles. The molecule has 0 radical (unpaired) electrons. The molecule has 18 heavy (non-hydrogen) atoms. The van der Waals surface area contributed by atoms with E-state index >= 15 is 0 Å². The molecule has 0 amide bonds. The fourth-order valence-corrected chi connectivity index (χ4v) is 1.45.